The number of fused-ring (bicyclic) bond motifs is 1. The second-order valence-corrected chi connectivity index (χ2v) is 6.39. The van der Waals surface area contributed by atoms with Crippen molar-refractivity contribution in [1.82, 2.24) is 15.4 Å². The van der Waals surface area contributed by atoms with E-state index >= 15 is 0 Å². The van der Waals surface area contributed by atoms with Crippen molar-refractivity contribution in [3.8, 4) is 0 Å². The van der Waals surface area contributed by atoms with E-state index in [1.807, 2.05) is 18.2 Å². The van der Waals surface area contributed by atoms with E-state index in [0.717, 1.165) is 5.39 Å². The lowest BCUT2D eigenvalue weighted by molar-refractivity contribution is -0.165. The number of hydrogen-bond acceptors (Lipinski definition) is 6. The Kier molecular flexibility index (Phi) is 3.43. The molecule has 26 heavy (non-hydrogen) atoms. The molecule has 2 unspecified atom stereocenters. The summed E-state index contributed by atoms with van der Waals surface area (Å²) in [6, 6.07) is 9.14. The maximum absolute atomic E-state index is 12.7. The number of cyclic esters (lactones) is 1. The monoisotopic (exact) mass is 353 g/mol. The van der Waals surface area contributed by atoms with Crippen LogP contribution in [0.15, 0.2) is 46.5 Å². The van der Waals surface area contributed by atoms with Crippen LogP contribution in [0.5, 0.6) is 0 Å². The van der Waals surface area contributed by atoms with Crippen LogP contribution in [0, 0.1) is 5.41 Å². The molecule has 0 radical (unpaired) electrons. The number of allylic oxidation sites excluding steroid dienone is 1. The number of benzene rings is 1. The third kappa shape index (κ3) is 2.15. The zero-order valence-corrected chi connectivity index (χ0v) is 14.0. The van der Waals surface area contributed by atoms with Gasteiger partial charge in [0.05, 0.1) is 17.8 Å². The van der Waals surface area contributed by atoms with E-state index in [-0.39, 0.29) is 5.76 Å². The largest absolute Gasteiger partial charge is 0.480 e. The quantitative estimate of drug-likeness (QED) is 0.549. The Labute approximate surface area is 147 Å². The van der Waals surface area contributed by atoms with Crippen LogP contribution in [0.2, 0.25) is 0 Å². The van der Waals surface area contributed by atoms with Crippen molar-refractivity contribution >= 4 is 28.7 Å². The standard InChI is InChI=1S/C18H15N3O5/c1-9-14(11-8-19-21-20-11)18(2,16(22)23)17(24)26-15(9)13-7-10-5-3-4-6-12(10)25-13/h3-8,14H,1-2H3,(H,22,23)(H,19,20,21). The number of furan rings is 1. The number of ether oxygens (including phenoxy) is 1. The number of carbonyl (C=O) groups is 2. The van der Waals surface area contributed by atoms with Gasteiger partial charge in [0.15, 0.2) is 16.9 Å². The first-order chi connectivity index (χ1) is 12.4. The third-order valence-electron chi connectivity index (χ3n) is 4.81. The van der Waals surface area contributed by atoms with Crippen molar-refractivity contribution in [2.45, 2.75) is 19.8 Å². The Morgan fingerprint density at radius 2 is 2.12 bits per heavy atom. The van der Waals surface area contributed by atoms with Crippen LogP contribution in [0.4, 0.5) is 0 Å². The summed E-state index contributed by atoms with van der Waals surface area (Å²) in [5, 5.41) is 20.8. The van der Waals surface area contributed by atoms with Gasteiger partial charge in [-0.15, -0.1) is 0 Å². The highest BCUT2D eigenvalue weighted by Gasteiger charge is 2.56. The maximum Gasteiger partial charge on any atom is 0.329 e. The van der Waals surface area contributed by atoms with Gasteiger partial charge < -0.3 is 14.3 Å². The molecule has 1 aliphatic heterocycles. The van der Waals surface area contributed by atoms with Gasteiger partial charge in [-0.3, -0.25) is 9.59 Å². The fourth-order valence-corrected chi connectivity index (χ4v) is 3.38. The maximum atomic E-state index is 12.7. The minimum Gasteiger partial charge on any atom is -0.480 e. The Bertz CT molecular complexity index is 1020. The number of nitrogens with zero attached hydrogens (tertiary/aromatic N) is 2. The highest BCUT2D eigenvalue weighted by atomic mass is 16.6. The van der Waals surface area contributed by atoms with Gasteiger partial charge in [0, 0.05) is 5.39 Å². The van der Waals surface area contributed by atoms with Gasteiger partial charge in [-0.05, 0) is 31.6 Å². The number of esters is 1. The zero-order chi connectivity index (χ0) is 18.5. The number of carboxylic acids is 1. The number of aliphatic carboxylic acids is 1. The molecule has 0 amide bonds. The average molecular weight is 353 g/mol. The molecule has 0 saturated heterocycles. The minimum atomic E-state index is -1.82. The van der Waals surface area contributed by atoms with Gasteiger partial charge in [-0.1, -0.05) is 18.2 Å². The summed E-state index contributed by atoms with van der Waals surface area (Å²) in [6.45, 7) is 3.03. The van der Waals surface area contributed by atoms with E-state index in [0.29, 0.717) is 22.6 Å². The highest BCUT2D eigenvalue weighted by Crippen LogP contribution is 2.49. The summed E-state index contributed by atoms with van der Waals surface area (Å²) in [4.78, 5) is 24.6. The summed E-state index contributed by atoms with van der Waals surface area (Å²) in [6.07, 6.45) is 1.41. The number of para-hydroxylation sites is 1. The molecule has 0 fully saturated rings. The van der Waals surface area contributed by atoms with Crippen molar-refractivity contribution in [2.75, 3.05) is 0 Å². The van der Waals surface area contributed by atoms with Crippen LogP contribution >= 0.6 is 0 Å². The number of carboxylic acid groups (broad SMARTS) is 1. The van der Waals surface area contributed by atoms with Crippen LogP contribution in [-0.2, 0) is 14.3 Å². The molecule has 0 saturated carbocycles. The van der Waals surface area contributed by atoms with Crippen LogP contribution < -0.4 is 0 Å². The third-order valence-corrected chi connectivity index (χ3v) is 4.81. The molecular weight excluding hydrogens is 338 g/mol. The fraction of sp³-hybridized carbons (Fsp3) is 0.222. The van der Waals surface area contributed by atoms with Gasteiger partial charge in [-0.25, -0.2) is 0 Å². The van der Waals surface area contributed by atoms with E-state index in [9.17, 15) is 14.7 Å². The lowest BCUT2D eigenvalue weighted by atomic mass is 9.70. The number of nitrogens with one attached hydrogen (secondary N) is 1. The number of carbonyl (C=O) groups excluding carboxylic acids is 1. The first-order valence-corrected chi connectivity index (χ1v) is 7.94. The Morgan fingerprint density at radius 3 is 2.77 bits per heavy atom. The molecule has 4 rings (SSSR count). The van der Waals surface area contributed by atoms with E-state index in [1.54, 1.807) is 19.1 Å². The van der Waals surface area contributed by atoms with E-state index in [1.165, 1.54) is 13.1 Å². The summed E-state index contributed by atoms with van der Waals surface area (Å²) in [7, 11) is 0. The van der Waals surface area contributed by atoms with Crippen molar-refractivity contribution < 1.29 is 23.8 Å². The summed E-state index contributed by atoms with van der Waals surface area (Å²) in [5.41, 5.74) is -0.306. The highest BCUT2D eigenvalue weighted by molar-refractivity contribution is 6.04. The molecule has 8 heteroatoms. The van der Waals surface area contributed by atoms with Gasteiger partial charge >= 0.3 is 11.9 Å². The summed E-state index contributed by atoms with van der Waals surface area (Å²) >= 11 is 0. The Morgan fingerprint density at radius 1 is 1.35 bits per heavy atom. The number of rotatable bonds is 3. The van der Waals surface area contributed by atoms with Crippen LogP contribution in [0.1, 0.15) is 31.2 Å². The molecule has 1 aromatic carbocycles. The van der Waals surface area contributed by atoms with E-state index in [2.05, 4.69) is 15.4 Å². The second-order valence-electron chi connectivity index (χ2n) is 6.39. The van der Waals surface area contributed by atoms with E-state index in [4.69, 9.17) is 9.15 Å². The summed E-state index contributed by atoms with van der Waals surface area (Å²) < 4.78 is 11.2. The Hall–Kier alpha value is -3.42. The molecule has 2 aromatic heterocycles. The molecule has 3 heterocycles. The van der Waals surface area contributed by atoms with Crippen molar-refractivity contribution in [1.29, 1.82) is 0 Å². The average Bonchev–Trinajstić information content (AvgIpc) is 3.27. The zero-order valence-electron chi connectivity index (χ0n) is 14.0. The van der Waals surface area contributed by atoms with Gasteiger partial charge in [-0.2, -0.15) is 15.4 Å². The van der Waals surface area contributed by atoms with Crippen molar-refractivity contribution in [2.24, 2.45) is 5.41 Å². The fourth-order valence-electron chi connectivity index (χ4n) is 3.38. The molecule has 3 aromatic rings. The first-order valence-electron chi connectivity index (χ1n) is 7.94. The van der Waals surface area contributed by atoms with E-state index < -0.39 is 23.3 Å². The number of hydrogen-bond donors (Lipinski definition) is 2. The SMILES string of the molecule is CC1=C(c2cc3ccccc3o2)OC(=O)C(C)(C(=O)O)C1c1cn[nH]n1. The normalized spacial score (nSPS) is 23.3. The topological polar surface area (TPSA) is 118 Å². The van der Waals surface area contributed by atoms with Crippen molar-refractivity contribution in [3.05, 3.63) is 53.6 Å². The lowest BCUT2D eigenvalue weighted by Crippen LogP contribution is -2.46. The predicted octanol–water partition coefficient (Wildman–Crippen LogP) is 2.71. The lowest BCUT2D eigenvalue weighted by Gasteiger charge is -2.36. The molecule has 0 bridgehead atoms. The molecule has 2 N–H and O–H groups in total. The second kappa shape index (κ2) is 5.55. The number of aromatic nitrogens is 3. The van der Waals surface area contributed by atoms with Crippen molar-refractivity contribution in [3.63, 3.8) is 0 Å². The number of H-pyrrole nitrogens is 1. The molecule has 8 nitrogen and oxygen atoms in total. The molecule has 2 atom stereocenters. The van der Waals surface area contributed by atoms with Crippen LogP contribution in [0.25, 0.3) is 16.7 Å². The van der Waals surface area contributed by atoms with Gasteiger partial charge in [0.1, 0.15) is 5.58 Å². The van der Waals surface area contributed by atoms with Crippen LogP contribution in [0.3, 0.4) is 0 Å². The van der Waals surface area contributed by atoms with Gasteiger partial charge in [0.25, 0.3) is 0 Å². The first kappa shape index (κ1) is 16.1. The molecule has 0 aliphatic carbocycles. The molecule has 1 aliphatic rings. The molecule has 132 valence electrons. The summed E-state index contributed by atoms with van der Waals surface area (Å²) in [5.74, 6) is -2.45. The van der Waals surface area contributed by atoms with Gasteiger partial charge in [0.2, 0.25) is 0 Å². The van der Waals surface area contributed by atoms with Crippen LogP contribution in [-0.4, -0.2) is 32.5 Å². The smallest absolute Gasteiger partial charge is 0.329 e. The predicted molar refractivity (Wildman–Crippen MR) is 89.8 cm³/mol. The minimum absolute atomic E-state index is 0.206. The molecule has 0 spiro atoms. The molecular formula is C18H15N3O5. The number of aromatic amines is 1. The Balaban J connectivity index is 1.93.